The molecule has 2 heterocycles. The zero-order chi connectivity index (χ0) is 14.8. The monoisotopic (exact) mass is 293 g/mol. The third-order valence-electron chi connectivity index (χ3n) is 3.26. The van der Waals surface area contributed by atoms with Crippen LogP contribution in [-0.2, 0) is 9.53 Å². The lowest BCUT2D eigenvalue weighted by Crippen LogP contribution is -2.47. The van der Waals surface area contributed by atoms with E-state index in [1.807, 2.05) is 35.2 Å². The topological polar surface area (TPSA) is 70.1 Å². The standard InChI is InChI=1S/C14H19N3O2S/c1-10(9-14(2,15)13(18)19-3)17-7-6-16-12(17)11-5-4-8-20-11/h4-8,10H,9,15H2,1-3H3. The van der Waals surface area contributed by atoms with Crippen LogP contribution in [0.2, 0.25) is 0 Å². The number of methoxy groups -OCH3 is 1. The number of carbonyl (C=O) groups is 1. The minimum Gasteiger partial charge on any atom is -0.468 e. The zero-order valence-corrected chi connectivity index (χ0v) is 12.7. The van der Waals surface area contributed by atoms with E-state index < -0.39 is 11.5 Å². The molecule has 20 heavy (non-hydrogen) atoms. The van der Waals surface area contributed by atoms with Crippen LogP contribution in [0.4, 0.5) is 0 Å². The van der Waals surface area contributed by atoms with Crippen molar-refractivity contribution < 1.29 is 9.53 Å². The summed E-state index contributed by atoms with van der Waals surface area (Å²) in [4.78, 5) is 17.2. The Morgan fingerprint density at radius 3 is 3.00 bits per heavy atom. The molecule has 2 N–H and O–H groups in total. The molecule has 0 spiro atoms. The molecule has 0 aliphatic carbocycles. The van der Waals surface area contributed by atoms with Crippen molar-refractivity contribution in [3.63, 3.8) is 0 Å². The second-order valence-electron chi connectivity index (χ2n) is 5.10. The smallest absolute Gasteiger partial charge is 0.325 e. The molecule has 0 aliphatic rings. The normalized spacial score (nSPS) is 15.6. The average Bonchev–Trinajstić information content (AvgIpc) is 3.06. The van der Waals surface area contributed by atoms with Crippen LogP contribution in [0.25, 0.3) is 10.7 Å². The molecule has 2 aromatic rings. The highest BCUT2D eigenvalue weighted by molar-refractivity contribution is 7.13. The maximum absolute atomic E-state index is 11.7. The molecular weight excluding hydrogens is 274 g/mol. The number of aromatic nitrogens is 2. The second kappa shape index (κ2) is 5.76. The van der Waals surface area contributed by atoms with Crippen molar-refractivity contribution in [3.8, 4) is 10.7 Å². The van der Waals surface area contributed by atoms with E-state index in [1.54, 1.807) is 24.5 Å². The lowest BCUT2D eigenvalue weighted by Gasteiger charge is -2.26. The Morgan fingerprint density at radius 1 is 1.65 bits per heavy atom. The first-order valence-corrected chi connectivity index (χ1v) is 7.27. The van der Waals surface area contributed by atoms with Gasteiger partial charge in [-0.05, 0) is 31.7 Å². The lowest BCUT2D eigenvalue weighted by atomic mass is 9.95. The van der Waals surface area contributed by atoms with Gasteiger partial charge in [0.05, 0.1) is 12.0 Å². The summed E-state index contributed by atoms with van der Waals surface area (Å²) in [6, 6.07) is 4.06. The van der Waals surface area contributed by atoms with E-state index in [0.717, 1.165) is 10.7 Å². The van der Waals surface area contributed by atoms with E-state index in [1.165, 1.54) is 7.11 Å². The van der Waals surface area contributed by atoms with Gasteiger partial charge < -0.3 is 15.0 Å². The van der Waals surface area contributed by atoms with Gasteiger partial charge in [-0.1, -0.05) is 6.07 Å². The van der Waals surface area contributed by atoms with Gasteiger partial charge in [0.1, 0.15) is 11.4 Å². The van der Waals surface area contributed by atoms with E-state index in [2.05, 4.69) is 4.98 Å². The minimum atomic E-state index is -1.01. The second-order valence-corrected chi connectivity index (χ2v) is 6.05. The molecule has 0 saturated carbocycles. The summed E-state index contributed by atoms with van der Waals surface area (Å²) in [6.45, 7) is 3.71. The van der Waals surface area contributed by atoms with Crippen LogP contribution in [0.1, 0.15) is 26.3 Å². The number of hydrogen-bond acceptors (Lipinski definition) is 5. The largest absolute Gasteiger partial charge is 0.468 e. The third kappa shape index (κ3) is 2.91. The van der Waals surface area contributed by atoms with E-state index in [4.69, 9.17) is 10.5 Å². The van der Waals surface area contributed by atoms with Gasteiger partial charge in [-0.25, -0.2) is 4.98 Å². The molecule has 0 amide bonds. The van der Waals surface area contributed by atoms with Crippen LogP contribution in [0.5, 0.6) is 0 Å². The summed E-state index contributed by atoms with van der Waals surface area (Å²) in [5.74, 6) is 0.496. The van der Waals surface area contributed by atoms with E-state index in [0.29, 0.717) is 6.42 Å². The Bertz CT molecular complexity index is 575. The summed E-state index contributed by atoms with van der Waals surface area (Å²) in [5.41, 5.74) is 5.03. The van der Waals surface area contributed by atoms with Gasteiger partial charge in [-0.3, -0.25) is 4.79 Å². The molecule has 2 aromatic heterocycles. The van der Waals surface area contributed by atoms with Crippen molar-refractivity contribution in [1.82, 2.24) is 9.55 Å². The van der Waals surface area contributed by atoms with Crippen molar-refractivity contribution in [1.29, 1.82) is 0 Å². The van der Waals surface area contributed by atoms with Gasteiger partial charge in [0.25, 0.3) is 0 Å². The quantitative estimate of drug-likeness (QED) is 0.860. The van der Waals surface area contributed by atoms with Gasteiger partial charge in [-0.2, -0.15) is 0 Å². The SMILES string of the molecule is COC(=O)C(C)(N)CC(C)n1ccnc1-c1cccs1. The van der Waals surface area contributed by atoms with Crippen LogP contribution in [0, 0.1) is 0 Å². The fraction of sp³-hybridized carbons (Fsp3) is 0.429. The van der Waals surface area contributed by atoms with E-state index in [-0.39, 0.29) is 6.04 Å². The Hall–Kier alpha value is -1.66. The van der Waals surface area contributed by atoms with Gasteiger partial charge in [0.15, 0.2) is 0 Å². The number of hydrogen-bond donors (Lipinski definition) is 1. The Balaban J connectivity index is 2.21. The fourth-order valence-corrected chi connectivity index (χ4v) is 3.02. The first-order chi connectivity index (χ1) is 9.45. The molecule has 6 heteroatoms. The third-order valence-corrected chi connectivity index (χ3v) is 4.12. The molecular formula is C14H19N3O2S. The average molecular weight is 293 g/mol. The van der Waals surface area contributed by atoms with Crippen molar-refractivity contribution in [2.45, 2.75) is 31.8 Å². The summed E-state index contributed by atoms with van der Waals surface area (Å²) in [5, 5.41) is 2.01. The Kier molecular flexibility index (Phi) is 4.25. The molecule has 0 aromatic carbocycles. The van der Waals surface area contributed by atoms with Crippen LogP contribution in [-0.4, -0.2) is 28.2 Å². The number of thiophene rings is 1. The minimum absolute atomic E-state index is 0.0451. The van der Waals surface area contributed by atoms with Gasteiger partial charge in [-0.15, -0.1) is 11.3 Å². The van der Waals surface area contributed by atoms with Crippen molar-refractivity contribution in [2.75, 3.05) is 7.11 Å². The van der Waals surface area contributed by atoms with Crippen molar-refractivity contribution in [2.24, 2.45) is 5.73 Å². The van der Waals surface area contributed by atoms with E-state index >= 15 is 0 Å². The molecule has 0 aliphatic heterocycles. The number of rotatable bonds is 5. The Morgan fingerprint density at radius 2 is 2.40 bits per heavy atom. The van der Waals surface area contributed by atoms with Crippen LogP contribution in [0.3, 0.4) is 0 Å². The molecule has 0 saturated heterocycles. The number of imidazole rings is 1. The van der Waals surface area contributed by atoms with Crippen LogP contribution >= 0.6 is 11.3 Å². The van der Waals surface area contributed by atoms with Gasteiger partial charge in [0.2, 0.25) is 0 Å². The molecule has 108 valence electrons. The lowest BCUT2D eigenvalue weighted by molar-refractivity contribution is -0.146. The molecule has 0 radical (unpaired) electrons. The van der Waals surface area contributed by atoms with Gasteiger partial charge in [0, 0.05) is 18.4 Å². The number of carbonyl (C=O) groups excluding carboxylic acids is 1. The van der Waals surface area contributed by atoms with Crippen molar-refractivity contribution >= 4 is 17.3 Å². The maximum Gasteiger partial charge on any atom is 0.325 e. The highest BCUT2D eigenvalue weighted by atomic mass is 32.1. The Labute approximate surface area is 122 Å². The summed E-state index contributed by atoms with van der Waals surface area (Å²) < 4.78 is 6.79. The number of nitrogens with zero attached hydrogens (tertiary/aromatic N) is 2. The first-order valence-electron chi connectivity index (χ1n) is 6.39. The predicted octanol–water partition coefficient (Wildman–Crippen LogP) is 2.45. The summed E-state index contributed by atoms with van der Waals surface area (Å²) in [6.07, 6.45) is 4.15. The molecule has 2 unspecified atom stereocenters. The van der Waals surface area contributed by atoms with Crippen LogP contribution < -0.4 is 5.73 Å². The number of esters is 1. The molecule has 0 fully saturated rings. The summed E-state index contributed by atoms with van der Waals surface area (Å²) in [7, 11) is 1.35. The van der Waals surface area contributed by atoms with Crippen LogP contribution in [0.15, 0.2) is 29.9 Å². The zero-order valence-electron chi connectivity index (χ0n) is 11.9. The molecule has 5 nitrogen and oxygen atoms in total. The summed E-state index contributed by atoms with van der Waals surface area (Å²) >= 11 is 1.63. The van der Waals surface area contributed by atoms with Crippen molar-refractivity contribution in [3.05, 3.63) is 29.9 Å². The van der Waals surface area contributed by atoms with Gasteiger partial charge >= 0.3 is 5.97 Å². The molecule has 2 atom stereocenters. The first kappa shape index (κ1) is 14.7. The number of ether oxygens (including phenoxy) is 1. The fourth-order valence-electron chi connectivity index (χ4n) is 2.29. The molecule has 2 rings (SSSR count). The highest BCUT2D eigenvalue weighted by Gasteiger charge is 2.32. The predicted molar refractivity (Wildman–Crippen MR) is 79.5 cm³/mol. The number of nitrogens with two attached hydrogens (primary N) is 1. The highest BCUT2D eigenvalue weighted by Crippen LogP contribution is 2.28. The molecule has 0 bridgehead atoms. The van der Waals surface area contributed by atoms with E-state index in [9.17, 15) is 4.79 Å². The maximum atomic E-state index is 11.7.